The summed E-state index contributed by atoms with van der Waals surface area (Å²) in [5.41, 5.74) is 1.40. The number of fused-ring (bicyclic) bond motifs is 1. The van der Waals surface area contributed by atoms with Crippen LogP contribution in [0.25, 0.3) is 21.3 Å². The maximum atomic E-state index is 13.1. The van der Waals surface area contributed by atoms with Crippen LogP contribution in [-0.2, 0) is 17.8 Å². The van der Waals surface area contributed by atoms with Gasteiger partial charge < -0.3 is 5.11 Å². The van der Waals surface area contributed by atoms with E-state index in [0.29, 0.717) is 45.5 Å². The van der Waals surface area contributed by atoms with Crippen LogP contribution in [0.3, 0.4) is 0 Å². The van der Waals surface area contributed by atoms with Crippen molar-refractivity contribution in [2.24, 2.45) is 0 Å². The van der Waals surface area contributed by atoms with Crippen LogP contribution in [0.1, 0.15) is 25.6 Å². The summed E-state index contributed by atoms with van der Waals surface area (Å²) in [6.45, 7) is 2.25. The molecule has 2 aromatic heterocycles. The Labute approximate surface area is 163 Å². The third kappa shape index (κ3) is 3.63. The van der Waals surface area contributed by atoms with Crippen molar-refractivity contribution in [2.45, 2.75) is 32.7 Å². The predicted octanol–water partition coefficient (Wildman–Crippen LogP) is 4.86. The van der Waals surface area contributed by atoms with Gasteiger partial charge in [0.1, 0.15) is 10.7 Å². The molecule has 3 rings (SSSR count). The van der Waals surface area contributed by atoms with E-state index in [2.05, 4.69) is 4.98 Å². The second-order valence-electron chi connectivity index (χ2n) is 5.79. The lowest BCUT2D eigenvalue weighted by molar-refractivity contribution is -0.137. The molecule has 5 nitrogen and oxygen atoms in total. The molecule has 26 heavy (non-hydrogen) atoms. The predicted molar refractivity (Wildman–Crippen MR) is 106 cm³/mol. The Morgan fingerprint density at radius 1 is 1.31 bits per heavy atom. The SMILES string of the molecule is CCc1nc2scc(-c3ccc(Cl)c(Cl)c3)c2c(=O)n1CCCC(=O)O. The quantitative estimate of drug-likeness (QED) is 0.629. The molecule has 0 saturated heterocycles. The minimum atomic E-state index is -0.878. The average Bonchev–Trinajstić information content (AvgIpc) is 3.03. The third-order valence-corrected chi connectivity index (χ3v) is 5.70. The molecular weight excluding hydrogens is 395 g/mol. The molecular formula is C18H16Cl2N2O3S. The fraction of sp³-hybridized carbons (Fsp3) is 0.278. The van der Waals surface area contributed by atoms with Gasteiger partial charge in [0.05, 0.1) is 15.4 Å². The molecule has 0 atom stereocenters. The number of hydrogen-bond donors (Lipinski definition) is 1. The van der Waals surface area contributed by atoms with Crippen LogP contribution >= 0.6 is 34.5 Å². The minimum Gasteiger partial charge on any atom is -0.481 e. The maximum Gasteiger partial charge on any atom is 0.303 e. The second kappa shape index (κ2) is 7.78. The van der Waals surface area contributed by atoms with Crippen LogP contribution < -0.4 is 5.56 Å². The van der Waals surface area contributed by atoms with Crippen LogP contribution in [0.5, 0.6) is 0 Å². The maximum absolute atomic E-state index is 13.1. The molecule has 0 amide bonds. The molecule has 0 fully saturated rings. The van der Waals surface area contributed by atoms with E-state index >= 15 is 0 Å². The second-order valence-corrected chi connectivity index (χ2v) is 7.47. The van der Waals surface area contributed by atoms with Gasteiger partial charge >= 0.3 is 5.97 Å². The number of thiophene rings is 1. The summed E-state index contributed by atoms with van der Waals surface area (Å²) >= 11 is 13.5. The van der Waals surface area contributed by atoms with Gasteiger partial charge in [-0.2, -0.15) is 0 Å². The van der Waals surface area contributed by atoms with Crippen LogP contribution in [0.2, 0.25) is 10.0 Å². The zero-order valence-corrected chi connectivity index (χ0v) is 16.3. The fourth-order valence-corrected chi connectivity index (χ4v) is 4.09. The van der Waals surface area contributed by atoms with Gasteiger partial charge in [0.15, 0.2) is 0 Å². The molecule has 8 heteroatoms. The molecule has 0 bridgehead atoms. The molecule has 0 aliphatic rings. The van der Waals surface area contributed by atoms with Crippen molar-refractivity contribution >= 4 is 50.7 Å². The van der Waals surface area contributed by atoms with Gasteiger partial charge in [0, 0.05) is 30.3 Å². The smallest absolute Gasteiger partial charge is 0.303 e. The number of halogens is 2. The van der Waals surface area contributed by atoms with E-state index in [1.165, 1.54) is 11.3 Å². The van der Waals surface area contributed by atoms with E-state index in [1.807, 2.05) is 18.4 Å². The molecule has 3 aromatic rings. The number of aryl methyl sites for hydroxylation is 1. The van der Waals surface area contributed by atoms with Crippen LogP contribution in [0.15, 0.2) is 28.4 Å². The summed E-state index contributed by atoms with van der Waals surface area (Å²) in [5.74, 6) is -0.215. The van der Waals surface area contributed by atoms with Gasteiger partial charge in [0.2, 0.25) is 0 Å². The van der Waals surface area contributed by atoms with Gasteiger partial charge in [-0.05, 0) is 24.1 Å². The van der Waals surface area contributed by atoms with E-state index in [4.69, 9.17) is 28.3 Å². The van der Waals surface area contributed by atoms with Gasteiger partial charge in [-0.3, -0.25) is 14.2 Å². The lowest BCUT2D eigenvalue weighted by Crippen LogP contribution is -2.25. The van der Waals surface area contributed by atoms with Crippen molar-refractivity contribution in [3.63, 3.8) is 0 Å². The fourth-order valence-electron chi connectivity index (χ4n) is 2.83. The van der Waals surface area contributed by atoms with Gasteiger partial charge in [-0.25, -0.2) is 4.98 Å². The van der Waals surface area contributed by atoms with E-state index < -0.39 is 5.97 Å². The van der Waals surface area contributed by atoms with Crippen molar-refractivity contribution in [1.82, 2.24) is 9.55 Å². The summed E-state index contributed by atoms with van der Waals surface area (Å²) in [4.78, 5) is 29.2. The summed E-state index contributed by atoms with van der Waals surface area (Å²) in [5, 5.41) is 12.1. The zero-order valence-electron chi connectivity index (χ0n) is 14.0. The van der Waals surface area contributed by atoms with Crippen molar-refractivity contribution in [2.75, 3.05) is 0 Å². The van der Waals surface area contributed by atoms with Gasteiger partial charge in [0.25, 0.3) is 5.56 Å². The number of nitrogens with zero attached hydrogens (tertiary/aromatic N) is 2. The van der Waals surface area contributed by atoms with Crippen molar-refractivity contribution in [3.05, 3.63) is 49.8 Å². The highest BCUT2D eigenvalue weighted by Gasteiger charge is 2.17. The molecule has 136 valence electrons. The van der Waals surface area contributed by atoms with Crippen LogP contribution in [0, 0.1) is 0 Å². The molecule has 2 heterocycles. The van der Waals surface area contributed by atoms with E-state index in [9.17, 15) is 9.59 Å². The molecule has 0 aliphatic carbocycles. The molecule has 0 spiro atoms. The summed E-state index contributed by atoms with van der Waals surface area (Å²) in [6.07, 6.45) is 0.983. The number of rotatable bonds is 6. The monoisotopic (exact) mass is 410 g/mol. The number of carboxylic acids is 1. The first-order valence-corrected chi connectivity index (χ1v) is 9.74. The van der Waals surface area contributed by atoms with Crippen LogP contribution in [-0.4, -0.2) is 20.6 Å². The largest absolute Gasteiger partial charge is 0.481 e. The van der Waals surface area contributed by atoms with Gasteiger partial charge in [-0.15, -0.1) is 11.3 Å². The summed E-state index contributed by atoms with van der Waals surface area (Å²) < 4.78 is 1.58. The lowest BCUT2D eigenvalue weighted by atomic mass is 10.1. The topological polar surface area (TPSA) is 72.2 Å². The Balaban J connectivity index is 2.14. The Bertz CT molecular complexity index is 1040. The Morgan fingerprint density at radius 2 is 2.08 bits per heavy atom. The Hall–Kier alpha value is -1.89. The molecule has 0 saturated carbocycles. The first-order valence-electron chi connectivity index (χ1n) is 8.10. The molecule has 1 aromatic carbocycles. The summed E-state index contributed by atoms with van der Waals surface area (Å²) in [7, 11) is 0. The van der Waals surface area contributed by atoms with E-state index in [1.54, 1.807) is 16.7 Å². The number of aromatic nitrogens is 2. The highest BCUT2D eigenvalue weighted by molar-refractivity contribution is 7.17. The number of carboxylic acid groups (broad SMARTS) is 1. The molecule has 1 N–H and O–H groups in total. The highest BCUT2D eigenvalue weighted by Crippen LogP contribution is 2.34. The molecule has 0 radical (unpaired) electrons. The standard InChI is InChI=1S/C18H16Cl2N2O3S/c1-2-14-21-17-16(18(25)22(14)7-3-4-15(23)24)11(9-26-17)10-5-6-12(19)13(20)8-10/h5-6,8-9H,2-4,7H2,1H3,(H,23,24). The molecule has 0 unspecified atom stereocenters. The average molecular weight is 411 g/mol. The summed E-state index contributed by atoms with van der Waals surface area (Å²) in [6, 6.07) is 5.24. The minimum absolute atomic E-state index is 0.0108. The highest BCUT2D eigenvalue weighted by atomic mass is 35.5. The Morgan fingerprint density at radius 3 is 2.73 bits per heavy atom. The lowest BCUT2D eigenvalue weighted by Gasteiger charge is -2.11. The normalized spacial score (nSPS) is 11.2. The van der Waals surface area contributed by atoms with E-state index in [-0.39, 0.29) is 12.0 Å². The van der Waals surface area contributed by atoms with E-state index in [0.717, 1.165) is 11.1 Å². The third-order valence-electron chi connectivity index (χ3n) is 4.09. The first-order chi connectivity index (χ1) is 12.4. The van der Waals surface area contributed by atoms with Crippen molar-refractivity contribution in [3.8, 4) is 11.1 Å². The number of aliphatic carboxylic acids is 1. The number of carbonyl (C=O) groups is 1. The van der Waals surface area contributed by atoms with Crippen molar-refractivity contribution < 1.29 is 9.90 Å². The van der Waals surface area contributed by atoms with Crippen molar-refractivity contribution in [1.29, 1.82) is 0 Å². The Kier molecular flexibility index (Phi) is 5.65. The van der Waals surface area contributed by atoms with Crippen LogP contribution in [0.4, 0.5) is 0 Å². The molecule has 0 aliphatic heterocycles. The van der Waals surface area contributed by atoms with Gasteiger partial charge in [-0.1, -0.05) is 36.2 Å². The number of benzene rings is 1. The first kappa shape index (κ1) is 18.9. The number of hydrogen-bond acceptors (Lipinski definition) is 4. The zero-order chi connectivity index (χ0) is 18.8.